The molecule has 1 heterocycles. The zero-order chi connectivity index (χ0) is 22.4. The molecule has 0 N–H and O–H groups in total. The second kappa shape index (κ2) is 10.2. The van der Waals surface area contributed by atoms with Gasteiger partial charge in [0.2, 0.25) is 0 Å². The van der Waals surface area contributed by atoms with E-state index < -0.39 is 11.6 Å². The molecule has 3 aromatic rings. The van der Waals surface area contributed by atoms with Crippen LogP contribution in [0.1, 0.15) is 11.1 Å². The van der Waals surface area contributed by atoms with E-state index in [4.69, 9.17) is 14.2 Å². The number of hydrogen-bond acceptors (Lipinski definition) is 6. The Kier molecular flexibility index (Phi) is 7.15. The van der Waals surface area contributed by atoms with Crippen molar-refractivity contribution in [3.63, 3.8) is 0 Å². The average molecular weight is 451 g/mol. The molecule has 0 aromatic heterocycles. The Morgan fingerprint density at radius 2 is 1.75 bits per heavy atom. The second-order valence-corrected chi connectivity index (χ2v) is 8.47. The summed E-state index contributed by atoms with van der Waals surface area (Å²) in [6.07, 6.45) is 2.08. The highest BCUT2D eigenvalue weighted by molar-refractivity contribution is 7.98. The van der Waals surface area contributed by atoms with E-state index in [9.17, 15) is 4.79 Å². The standard InChI is InChI=1S/C26H26O5S/c1-28-25(27)16-31-26(17-29-18-26)22-8-10-23(11-9-22)30-15-19-4-3-5-21(14-19)20-6-12-24(32-2)13-7-20/h3-14H,15-18H2,1-2H3. The minimum atomic E-state index is -0.604. The third-order valence-corrected chi connectivity index (χ3v) is 6.24. The fourth-order valence-corrected chi connectivity index (χ4v) is 3.93. The Labute approximate surface area is 192 Å². The summed E-state index contributed by atoms with van der Waals surface area (Å²) < 4.78 is 21.8. The Bertz CT molecular complexity index is 1040. The molecule has 0 amide bonds. The van der Waals surface area contributed by atoms with E-state index in [0.717, 1.165) is 16.9 Å². The van der Waals surface area contributed by atoms with Gasteiger partial charge in [0.05, 0.1) is 20.3 Å². The normalized spacial score (nSPS) is 14.4. The molecule has 0 unspecified atom stereocenters. The van der Waals surface area contributed by atoms with Crippen LogP contribution in [0.25, 0.3) is 11.1 Å². The van der Waals surface area contributed by atoms with Gasteiger partial charge in [-0.15, -0.1) is 11.8 Å². The van der Waals surface area contributed by atoms with Crippen molar-refractivity contribution >= 4 is 17.7 Å². The predicted octanol–water partition coefficient (Wildman–Crippen LogP) is 5.07. The quantitative estimate of drug-likeness (QED) is 0.335. The van der Waals surface area contributed by atoms with Crippen molar-refractivity contribution in [3.05, 3.63) is 83.9 Å². The van der Waals surface area contributed by atoms with Crippen molar-refractivity contribution < 1.29 is 23.7 Å². The number of hydrogen-bond donors (Lipinski definition) is 0. The van der Waals surface area contributed by atoms with Crippen LogP contribution in [-0.2, 0) is 31.2 Å². The smallest absolute Gasteiger partial charge is 0.331 e. The first-order chi connectivity index (χ1) is 15.6. The van der Waals surface area contributed by atoms with Crippen molar-refractivity contribution in [3.8, 4) is 16.9 Å². The van der Waals surface area contributed by atoms with Gasteiger partial charge in [0.1, 0.15) is 24.6 Å². The van der Waals surface area contributed by atoms with Crippen LogP contribution < -0.4 is 4.74 Å². The van der Waals surface area contributed by atoms with Crippen LogP contribution in [0.5, 0.6) is 5.75 Å². The number of rotatable bonds is 9. The molecule has 1 saturated heterocycles. The lowest BCUT2D eigenvalue weighted by atomic mass is 9.91. The fraction of sp³-hybridized carbons (Fsp3) is 0.269. The van der Waals surface area contributed by atoms with Crippen molar-refractivity contribution in [1.82, 2.24) is 0 Å². The molecule has 0 bridgehead atoms. The van der Waals surface area contributed by atoms with Crippen molar-refractivity contribution in [2.24, 2.45) is 0 Å². The Balaban J connectivity index is 1.38. The van der Waals surface area contributed by atoms with Crippen molar-refractivity contribution in [1.29, 1.82) is 0 Å². The number of carbonyl (C=O) groups is 1. The number of esters is 1. The Morgan fingerprint density at radius 1 is 1.00 bits per heavy atom. The highest BCUT2D eigenvalue weighted by Crippen LogP contribution is 2.34. The maximum absolute atomic E-state index is 11.4. The summed E-state index contributed by atoms with van der Waals surface area (Å²) in [5, 5.41) is 0. The lowest BCUT2D eigenvalue weighted by Gasteiger charge is -2.41. The average Bonchev–Trinajstić information content (AvgIpc) is 2.83. The Morgan fingerprint density at radius 3 is 2.38 bits per heavy atom. The summed E-state index contributed by atoms with van der Waals surface area (Å²) in [6, 6.07) is 24.7. The molecule has 4 rings (SSSR count). The SMILES string of the molecule is COC(=O)COC1(c2ccc(OCc3cccc(-c4ccc(SC)cc4)c3)cc2)COC1. The van der Waals surface area contributed by atoms with Crippen LogP contribution in [-0.4, -0.2) is 39.2 Å². The molecular weight excluding hydrogens is 424 g/mol. The van der Waals surface area contributed by atoms with Gasteiger partial charge in [0, 0.05) is 4.90 Å². The first-order valence-corrected chi connectivity index (χ1v) is 11.6. The Hall–Kier alpha value is -2.80. The largest absolute Gasteiger partial charge is 0.489 e. The summed E-state index contributed by atoms with van der Waals surface area (Å²) in [4.78, 5) is 12.7. The zero-order valence-electron chi connectivity index (χ0n) is 18.2. The van der Waals surface area contributed by atoms with Crippen LogP contribution in [0.15, 0.2) is 77.7 Å². The van der Waals surface area contributed by atoms with Crippen molar-refractivity contribution in [2.75, 3.05) is 33.2 Å². The molecular formula is C26H26O5S. The van der Waals surface area contributed by atoms with E-state index in [1.807, 2.05) is 24.3 Å². The topological polar surface area (TPSA) is 54.0 Å². The monoisotopic (exact) mass is 450 g/mol. The molecule has 1 aliphatic heterocycles. The minimum Gasteiger partial charge on any atom is -0.489 e. The van der Waals surface area contributed by atoms with E-state index in [0.29, 0.717) is 19.8 Å². The molecule has 0 saturated carbocycles. The fourth-order valence-electron chi connectivity index (χ4n) is 3.52. The maximum Gasteiger partial charge on any atom is 0.331 e. The van der Waals surface area contributed by atoms with Crippen LogP contribution in [0, 0.1) is 0 Å². The highest BCUT2D eigenvalue weighted by Gasteiger charge is 2.42. The van der Waals surface area contributed by atoms with Gasteiger partial charge in [-0.05, 0) is 58.8 Å². The zero-order valence-corrected chi connectivity index (χ0v) is 19.0. The molecule has 0 aliphatic carbocycles. The number of ether oxygens (including phenoxy) is 4. The summed E-state index contributed by atoms with van der Waals surface area (Å²) in [5.41, 5.74) is 3.81. The molecule has 6 heteroatoms. The molecule has 0 atom stereocenters. The van der Waals surface area contributed by atoms with Gasteiger partial charge >= 0.3 is 5.97 Å². The third kappa shape index (κ3) is 5.15. The first kappa shape index (κ1) is 22.4. The first-order valence-electron chi connectivity index (χ1n) is 10.4. The van der Waals surface area contributed by atoms with Crippen LogP contribution >= 0.6 is 11.8 Å². The number of benzene rings is 3. The molecule has 5 nitrogen and oxygen atoms in total. The molecule has 32 heavy (non-hydrogen) atoms. The van der Waals surface area contributed by atoms with Gasteiger partial charge in [-0.25, -0.2) is 4.79 Å². The van der Waals surface area contributed by atoms with E-state index in [1.165, 1.54) is 23.1 Å². The van der Waals surface area contributed by atoms with Gasteiger partial charge in [-0.2, -0.15) is 0 Å². The summed E-state index contributed by atoms with van der Waals surface area (Å²) >= 11 is 1.74. The van der Waals surface area contributed by atoms with Crippen LogP contribution in [0.2, 0.25) is 0 Å². The molecule has 1 fully saturated rings. The molecule has 0 radical (unpaired) electrons. The molecule has 3 aromatic carbocycles. The van der Waals surface area contributed by atoms with E-state index in [2.05, 4.69) is 59.5 Å². The van der Waals surface area contributed by atoms with Gasteiger partial charge in [0.25, 0.3) is 0 Å². The number of carbonyl (C=O) groups excluding carboxylic acids is 1. The van der Waals surface area contributed by atoms with E-state index in [-0.39, 0.29) is 6.61 Å². The molecule has 1 aliphatic rings. The van der Waals surface area contributed by atoms with E-state index >= 15 is 0 Å². The summed E-state index contributed by atoms with van der Waals surface area (Å²) in [6.45, 7) is 1.20. The van der Waals surface area contributed by atoms with E-state index in [1.54, 1.807) is 11.8 Å². The highest BCUT2D eigenvalue weighted by atomic mass is 32.2. The molecule has 0 spiro atoms. The van der Waals surface area contributed by atoms with Gasteiger partial charge in [-0.1, -0.05) is 42.5 Å². The lowest BCUT2D eigenvalue weighted by molar-refractivity contribution is -0.220. The number of thioether (sulfide) groups is 1. The predicted molar refractivity (Wildman–Crippen MR) is 125 cm³/mol. The van der Waals surface area contributed by atoms with Gasteiger partial charge < -0.3 is 18.9 Å². The van der Waals surface area contributed by atoms with Gasteiger partial charge in [0.15, 0.2) is 0 Å². The van der Waals surface area contributed by atoms with Crippen LogP contribution in [0.3, 0.4) is 0 Å². The second-order valence-electron chi connectivity index (χ2n) is 7.59. The summed E-state index contributed by atoms with van der Waals surface area (Å²) in [5.74, 6) is 0.366. The minimum absolute atomic E-state index is 0.103. The maximum atomic E-state index is 11.4. The summed E-state index contributed by atoms with van der Waals surface area (Å²) in [7, 11) is 1.35. The van der Waals surface area contributed by atoms with Gasteiger partial charge in [-0.3, -0.25) is 0 Å². The van der Waals surface area contributed by atoms with Crippen LogP contribution in [0.4, 0.5) is 0 Å². The third-order valence-electron chi connectivity index (χ3n) is 5.50. The molecule has 166 valence electrons. The lowest BCUT2D eigenvalue weighted by Crippen LogP contribution is -2.49. The number of methoxy groups -OCH3 is 1. The van der Waals surface area contributed by atoms with Crippen molar-refractivity contribution in [2.45, 2.75) is 17.1 Å².